The number of hydrogen-bond acceptors (Lipinski definition) is 4. The summed E-state index contributed by atoms with van der Waals surface area (Å²) in [6, 6.07) is 3.83. The van der Waals surface area contributed by atoms with Crippen LogP contribution < -0.4 is 4.72 Å². The summed E-state index contributed by atoms with van der Waals surface area (Å²) in [5.74, 6) is -0.476. The molecule has 0 aliphatic heterocycles. The van der Waals surface area contributed by atoms with Gasteiger partial charge in [0.25, 0.3) is 10.0 Å². The summed E-state index contributed by atoms with van der Waals surface area (Å²) in [5.41, 5.74) is 0.806. The van der Waals surface area contributed by atoms with Crippen molar-refractivity contribution in [2.24, 2.45) is 0 Å². The van der Waals surface area contributed by atoms with Crippen molar-refractivity contribution in [1.29, 1.82) is 0 Å². The van der Waals surface area contributed by atoms with Crippen molar-refractivity contribution >= 4 is 43.0 Å². The lowest BCUT2D eigenvalue weighted by Crippen LogP contribution is -2.15. The molecule has 20 heavy (non-hydrogen) atoms. The SMILES string of the molecule is Cc1csc(CO)c1S(=O)(=O)Nc1ccc(F)c(Br)c1. The summed E-state index contributed by atoms with van der Waals surface area (Å²) in [7, 11) is -3.82. The maximum atomic E-state index is 13.1. The zero-order valence-electron chi connectivity index (χ0n) is 10.4. The van der Waals surface area contributed by atoms with E-state index in [0.29, 0.717) is 10.4 Å². The molecule has 0 bridgehead atoms. The summed E-state index contributed by atoms with van der Waals surface area (Å²) in [5, 5.41) is 10.9. The second kappa shape index (κ2) is 5.80. The third-order valence-electron chi connectivity index (χ3n) is 2.57. The molecular weight excluding hydrogens is 369 g/mol. The summed E-state index contributed by atoms with van der Waals surface area (Å²) >= 11 is 4.18. The third-order valence-corrected chi connectivity index (χ3v) is 6.01. The Morgan fingerprint density at radius 3 is 2.75 bits per heavy atom. The quantitative estimate of drug-likeness (QED) is 0.856. The van der Waals surface area contributed by atoms with Gasteiger partial charge in [-0.2, -0.15) is 0 Å². The van der Waals surface area contributed by atoms with Gasteiger partial charge in [0.15, 0.2) is 0 Å². The first kappa shape index (κ1) is 15.4. The molecular formula is C12H11BrFNO3S2. The molecule has 1 aromatic carbocycles. The molecule has 0 atom stereocenters. The molecule has 2 rings (SSSR count). The van der Waals surface area contributed by atoms with Gasteiger partial charge in [0.1, 0.15) is 10.7 Å². The van der Waals surface area contributed by atoms with Crippen molar-refractivity contribution in [3.8, 4) is 0 Å². The van der Waals surface area contributed by atoms with Gasteiger partial charge >= 0.3 is 0 Å². The Balaban J connectivity index is 2.40. The minimum absolute atomic E-state index is 0.0745. The topological polar surface area (TPSA) is 66.4 Å². The molecule has 1 aromatic heterocycles. The van der Waals surface area contributed by atoms with E-state index in [-0.39, 0.29) is 21.7 Å². The molecule has 2 aromatic rings. The number of aliphatic hydroxyl groups is 1. The number of halogens is 2. The first-order valence-corrected chi connectivity index (χ1v) is 8.66. The van der Waals surface area contributed by atoms with E-state index in [4.69, 9.17) is 0 Å². The lowest BCUT2D eigenvalue weighted by molar-refractivity contribution is 0.282. The van der Waals surface area contributed by atoms with Crippen LogP contribution in [0.2, 0.25) is 0 Å². The van der Waals surface area contributed by atoms with Gasteiger partial charge in [0.2, 0.25) is 0 Å². The minimum atomic E-state index is -3.82. The lowest BCUT2D eigenvalue weighted by Gasteiger charge is -2.10. The Hall–Kier alpha value is -0.960. The first-order valence-electron chi connectivity index (χ1n) is 5.51. The highest BCUT2D eigenvalue weighted by molar-refractivity contribution is 9.10. The van der Waals surface area contributed by atoms with Crippen molar-refractivity contribution in [2.45, 2.75) is 18.4 Å². The first-order chi connectivity index (χ1) is 9.35. The molecule has 1 heterocycles. The van der Waals surface area contributed by atoms with E-state index in [0.717, 1.165) is 6.07 Å². The van der Waals surface area contributed by atoms with E-state index in [1.165, 1.54) is 23.5 Å². The van der Waals surface area contributed by atoms with Crippen LogP contribution in [-0.2, 0) is 16.6 Å². The zero-order valence-corrected chi connectivity index (χ0v) is 13.6. The van der Waals surface area contributed by atoms with E-state index in [1.54, 1.807) is 12.3 Å². The van der Waals surface area contributed by atoms with Crippen LogP contribution in [0, 0.1) is 12.7 Å². The number of aryl methyl sites for hydroxylation is 1. The number of sulfonamides is 1. The van der Waals surface area contributed by atoms with Crippen LogP contribution in [0.5, 0.6) is 0 Å². The van der Waals surface area contributed by atoms with Crippen LogP contribution in [0.1, 0.15) is 10.4 Å². The van der Waals surface area contributed by atoms with Crippen LogP contribution in [0.15, 0.2) is 32.9 Å². The average Bonchev–Trinajstić information content (AvgIpc) is 2.75. The maximum Gasteiger partial charge on any atom is 0.263 e. The van der Waals surface area contributed by atoms with Crippen molar-refractivity contribution in [1.82, 2.24) is 0 Å². The monoisotopic (exact) mass is 379 g/mol. The van der Waals surface area contributed by atoms with Gasteiger partial charge in [0, 0.05) is 0 Å². The van der Waals surface area contributed by atoms with Crippen molar-refractivity contribution < 1.29 is 17.9 Å². The summed E-state index contributed by atoms with van der Waals surface area (Å²) in [4.78, 5) is 0.446. The van der Waals surface area contributed by atoms with Gasteiger partial charge in [-0.05, 0) is 52.0 Å². The molecule has 0 radical (unpaired) electrons. The number of aliphatic hydroxyl groups excluding tert-OH is 1. The zero-order chi connectivity index (χ0) is 14.9. The van der Waals surface area contributed by atoms with Gasteiger partial charge in [0.05, 0.1) is 21.6 Å². The smallest absolute Gasteiger partial charge is 0.263 e. The Bertz CT molecular complexity index is 743. The van der Waals surface area contributed by atoms with Gasteiger partial charge in [-0.15, -0.1) is 11.3 Å². The molecule has 0 amide bonds. The van der Waals surface area contributed by atoms with Crippen LogP contribution in [-0.4, -0.2) is 13.5 Å². The van der Waals surface area contributed by atoms with E-state index < -0.39 is 15.8 Å². The largest absolute Gasteiger partial charge is 0.391 e. The lowest BCUT2D eigenvalue weighted by atomic mass is 10.3. The minimum Gasteiger partial charge on any atom is -0.391 e. The van der Waals surface area contributed by atoms with E-state index in [2.05, 4.69) is 20.7 Å². The second-order valence-electron chi connectivity index (χ2n) is 4.06. The molecule has 0 aliphatic rings. The number of hydrogen-bond donors (Lipinski definition) is 2. The van der Waals surface area contributed by atoms with E-state index in [9.17, 15) is 17.9 Å². The van der Waals surface area contributed by atoms with Crippen LogP contribution >= 0.6 is 27.3 Å². The molecule has 108 valence electrons. The maximum absolute atomic E-state index is 13.1. The highest BCUT2D eigenvalue weighted by atomic mass is 79.9. The number of benzene rings is 1. The molecule has 0 fully saturated rings. The highest BCUT2D eigenvalue weighted by Crippen LogP contribution is 2.29. The molecule has 0 unspecified atom stereocenters. The number of thiophene rings is 1. The fourth-order valence-corrected chi connectivity index (χ4v) is 4.82. The van der Waals surface area contributed by atoms with Crippen LogP contribution in [0.3, 0.4) is 0 Å². The predicted octanol–water partition coefficient (Wildman–Crippen LogP) is 3.25. The number of rotatable bonds is 4. The van der Waals surface area contributed by atoms with Crippen LogP contribution in [0.4, 0.5) is 10.1 Å². The van der Waals surface area contributed by atoms with Gasteiger partial charge < -0.3 is 5.11 Å². The molecule has 2 N–H and O–H groups in total. The Kier molecular flexibility index (Phi) is 4.48. The average molecular weight is 380 g/mol. The Labute approximate surface area is 128 Å². The summed E-state index contributed by atoms with van der Waals surface area (Å²) in [6.45, 7) is 1.31. The van der Waals surface area contributed by atoms with Gasteiger partial charge in [-0.25, -0.2) is 12.8 Å². The van der Waals surface area contributed by atoms with Crippen molar-refractivity contribution in [3.05, 3.63) is 44.3 Å². The molecule has 8 heteroatoms. The van der Waals surface area contributed by atoms with E-state index >= 15 is 0 Å². The highest BCUT2D eigenvalue weighted by Gasteiger charge is 2.23. The van der Waals surface area contributed by atoms with Crippen molar-refractivity contribution in [3.63, 3.8) is 0 Å². The van der Waals surface area contributed by atoms with Crippen molar-refractivity contribution in [2.75, 3.05) is 4.72 Å². The fourth-order valence-electron chi connectivity index (χ4n) is 1.72. The molecule has 0 saturated carbocycles. The molecule has 0 saturated heterocycles. The number of nitrogens with one attached hydrogen (secondary N) is 1. The standard InChI is InChI=1S/C12H11BrFNO3S2/c1-7-6-19-11(5-16)12(7)20(17,18)15-8-2-3-10(14)9(13)4-8/h2-4,6,15-16H,5H2,1H3. The van der Waals surface area contributed by atoms with Crippen LogP contribution in [0.25, 0.3) is 0 Å². The Morgan fingerprint density at radius 2 is 2.15 bits per heavy atom. The predicted molar refractivity (Wildman–Crippen MR) is 79.9 cm³/mol. The fraction of sp³-hybridized carbons (Fsp3) is 0.167. The number of anilines is 1. The second-order valence-corrected chi connectivity index (χ2v) is 7.50. The molecule has 0 spiro atoms. The molecule has 0 aliphatic carbocycles. The normalized spacial score (nSPS) is 11.6. The van der Waals surface area contributed by atoms with Gasteiger partial charge in [-0.1, -0.05) is 0 Å². The van der Waals surface area contributed by atoms with Gasteiger partial charge in [-0.3, -0.25) is 4.72 Å². The summed E-state index contributed by atoms with van der Waals surface area (Å²) < 4.78 is 40.3. The van der Waals surface area contributed by atoms with E-state index in [1.807, 2.05) is 0 Å². The Morgan fingerprint density at radius 1 is 1.45 bits per heavy atom. The third kappa shape index (κ3) is 3.03. The molecule has 4 nitrogen and oxygen atoms in total. The summed E-state index contributed by atoms with van der Waals surface area (Å²) in [6.07, 6.45) is 0.